The standard InChI is InChI=1S/C18H23N3OS/c1-12-7-8-15(9-13(12)2)16(22)11-23-18-19-17(20-21-18)10-14-5-3-4-6-14/h7-9,14H,3-6,10-11H2,1-2H3,(H,19,20,21). The van der Waals surface area contributed by atoms with Crippen molar-refractivity contribution in [1.29, 1.82) is 0 Å². The summed E-state index contributed by atoms with van der Waals surface area (Å²) < 4.78 is 0. The maximum Gasteiger partial charge on any atom is 0.208 e. The quantitative estimate of drug-likeness (QED) is 0.639. The molecule has 3 rings (SSSR count). The zero-order valence-corrected chi connectivity index (χ0v) is 14.6. The number of hydrogen-bond acceptors (Lipinski definition) is 4. The molecule has 0 bridgehead atoms. The van der Waals surface area contributed by atoms with Crippen molar-refractivity contribution in [1.82, 2.24) is 15.2 Å². The van der Waals surface area contributed by atoms with E-state index in [2.05, 4.69) is 22.1 Å². The number of ketones is 1. The van der Waals surface area contributed by atoms with Gasteiger partial charge in [0.2, 0.25) is 5.16 Å². The number of aromatic amines is 1. The van der Waals surface area contributed by atoms with Gasteiger partial charge in [0.15, 0.2) is 5.78 Å². The van der Waals surface area contributed by atoms with Gasteiger partial charge in [-0.25, -0.2) is 4.98 Å². The molecule has 1 aromatic heterocycles. The number of nitrogens with one attached hydrogen (secondary N) is 1. The van der Waals surface area contributed by atoms with Crippen LogP contribution in [0, 0.1) is 19.8 Å². The molecular weight excluding hydrogens is 306 g/mol. The second kappa shape index (κ2) is 7.30. The maximum atomic E-state index is 12.3. The van der Waals surface area contributed by atoms with Gasteiger partial charge in [-0.15, -0.1) is 5.10 Å². The van der Waals surface area contributed by atoms with Crippen LogP contribution in [-0.4, -0.2) is 26.7 Å². The second-order valence-corrected chi connectivity index (χ2v) is 7.37. The van der Waals surface area contributed by atoms with Gasteiger partial charge in [0.05, 0.1) is 5.75 Å². The molecule has 1 heterocycles. The van der Waals surface area contributed by atoms with Crippen molar-refractivity contribution < 1.29 is 4.79 Å². The molecule has 1 aliphatic rings. The summed E-state index contributed by atoms with van der Waals surface area (Å²) in [5.41, 5.74) is 3.12. The minimum absolute atomic E-state index is 0.125. The molecule has 1 N–H and O–H groups in total. The summed E-state index contributed by atoms with van der Waals surface area (Å²) in [5.74, 6) is 2.21. The van der Waals surface area contributed by atoms with Crippen LogP contribution in [0.3, 0.4) is 0 Å². The van der Waals surface area contributed by atoms with Gasteiger partial charge in [-0.2, -0.15) is 0 Å². The lowest BCUT2D eigenvalue weighted by Gasteiger charge is -2.04. The number of aromatic nitrogens is 3. The van der Waals surface area contributed by atoms with Crippen molar-refractivity contribution in [3.63, 3.8) is 0 Å². The fourth-order valence-electron chi connectivity index (χ4n) is 3.05. The Bertz CT molecular complexity index is 689. The summed E-state index contributed by atoms with van der Waals surface area (Å²) in [7, 11) is 0. The first kappa shape index (κ1) is 16.2. The van der Waals surface area contributed by atoms with Gasteiger partial charge in [-0.1, -0.05) is 49.6 Å². The second-order valence-electron chi connectivity index (χ2n) is 6.43. The van der Waals surface area contributed by atoms with Crippen LogP contribution in [0.15, 0.2) is 23.4 Å². The highest BCUT2D eigenvalue weighted by atomic mass is 32.2. The smallest absolute Gasteiger partial charge is 0.208 e. The number of carbonyl (C=O) groups excluding carboxylic acids is 1. The Kier molecular flexibility index (Phi) is 5.16. The van der Waals surface area contributed by atoms with Crippen molar-refractivity contribution in [3.05, 3.63) is 40.7 Å². The molecule has 1 aliphatic carbocycles. The molecule has 0 radical (unpaired) electrons. The van der Waals surface area contributed by atoms with Crippen LogP contribution >= 0.6 is 11.8 Å². The van der Waals surface area contributed by atoms with Gasteiger partial charge in [0.25, 0.3) is 0 Å². The zero-order chi connectivity index (χ0) is 16.2. The van der Waals surface area contributed by atoms with E-state index in [-0.39, 0.29) is 5.78 Å². The number of hydrogen-bond donors (Lipinski definition) is 1. The Morgan fingerprint density at radius 1 is 1.26 bits per heavy atom. The molecule has 0 saturated heterocycles. The van der Waals surface area contributed by atoms with Gasteiger partial charge < -0.3 is 0 Å². The first-order chi connectivity index (χ1) is 11.1. The van der Waals surface area contributed by atoms with Crippen molar-refractivity contribution in [3.8, 4) is 0 Å². The lowest BCUT2D eigenvalue weighted by atomic mass is 10.0. The Morgan fingerprint density at radius 2 is 2.04 bits per heavy atom. The van der Waals surface area contributed by atoms with E-state index in [1.807, 2.05) is 25.1 Å². The summed E-state index contributed by atoms with van der Waals surface area (Å²) >= 11 is 1.41. The summed E-state index contributed by atoms with van der Waals surface area (Å²) in [6.45, 7) is 4.09. The molecule has 1 fully saturated rings. The molecule has 1 aromatic carbocycles. The van der Waals surface area contributed by atoms with Gasteiger partial charge in [0, 0.05) is 12.0 Å². The summed E-state index contributed by atoms with van der Waals surface area (Å²) in [6.07, 6.45) is 6.26. The lowest BCUT2D eigenvalue weighted by Crippen LogP contribution is -2.03. The van der Waals surface area contributed by atoms with E-state index in [4.69, 9.17) is 0 Å². The van der Waals surface area contributed by atoms with Crippen LogP contribution in [0.1, 0.15) is 53.0 Å². The number of aryl methyl sites for hydroxylation is 2. The predicted molar refractivity (Wildman–Crippen MR) is 93.0 cm³/mol. The van der Waals surface area contributed by atoms with Crippen molar-refractivity contribution in [2.45, 2.75) is 51.1 Å². The van der Waals surface area contributed by atoms with Gasteiger partial charge in [0.1, 0.15) is 5.82 Å². The summed E-state index contributed by atoms with van der Waals surface area (Å²) in [6, 6.07) is 5.86. The van der Waals surface area contributed by atoms with E-state index in [1.165, 1.54) is 43.0 Å². The number of thioether (sulfide) groups is 1. The fraction of sp³-hybridized carbons (Fsp3) is 0.500. The molecule has 0 unspecified atom stereocenters. The zero-order valence-electron chi connectivity index (χ0n) is 13.8. The van der Waals surface area contributed by atoms with Gasteiger partial charge in [-0.05, 0) is 37.0 Å². The molecule has 0 aliphatic heterocycles. The van der Waals surface area contributed by atoms with E-state index in [9.17, 15) is 4.79 Å². The lowest BCUT2D eigenvalue weighted by molar-refractivity contribution is 0.102. The number of carbonyl (C=O) groups is 1. The monoisotopic (exact) mass is 329 g/mol. The first-order valence-electron chi connectivity index (χ1n) is 8.26. The third-order valence-corrected chi connectivity index (χ3v) is 5.48. The summed E-state index contributed by atoms with van der Waals surface area (Å²) in [4.78, 5) is 16.8. The first-order valence-corrected chi connectivity index (χ1v) is 9.25. The molecule has 23 heavy (non-hydrogen) atoms. The normalized spacial score (nSPS) is 15.2. The fourth-order valence-corrected chi connectivity index (χ4v) is 3.76. The minimum atomic E-state index is 0.125. The molecule has 0 atom stereocenters. The average Bonchev–Trinajstić information content (AvgIpc) is 3.20. The SMILES string of the molecule is Cc1ccc(C(=O)CSc2n[nH]c(CC3CCCC3)n2)cc1C. The van der Waals surface area contributed by atoms with Crippen LogP contribution in [-0.2, 0) is 6.42 Å². The largest absolute Gasteiger partial charge is 0.293 e. The molecule has 4 nitrogen and oxygen atoms in total. The third kappa shape index (κ3) is 4.22. The van der Waals surface area contributed by atoms with E-state index in [0.29, 0.717) is 10.9 Å². The average molecular weight is 329 g/mol. The number of benzene rings is 1. The Morgan fingerprint density at radius 3 is 2.78 bits per heavy atom. The van der Waals surface area contributed by atoms with E-state index in [1.54, 1.807) is 0 Å². The van der Waals surface area contributed by atoms with Crippen molar-refractivity contribution in [2.24, 2.45) is 5.92 Å². The number of Topliss-reactive ketones (excluding diaryl/α,β-unsaturated/α-hetero) is 1. The van der Waals surface area contributed by atoms with E-state index in [0.717, 1.165) is 29.3 Å². The topological polar surface area (TPSA) is 58.6 Å². The molecule has 1 saturated carbocycles. The molecule has 5 heteroatoms. The predicted octanol–water partition coefficient (Wildman–Crippen LogP) is 4.13. The highest BCUT2D eigenvalue weighted by molar-refractivity contribution is 7.99. The van der Waals surface area contributed by atoms with Crippen LogP contribution in [0.5, 0.6) is 0 Å². The Hall–Kier alpha value is -1.62. The number of nitrogens with zero attached hydrogens (tertiary/aromatic N) is 2. The summed E-state index contributed by atoms with van der Waals surface area (Å²) in [5, 5.41) is 7.93. The highest BCUT2D eigenvalue weighted by Gasteiger charge is 2.17. The van der Waals surface area contributed by atoms with Crippen LogP contribution in [0.25, 0.3) is 0 Å². The third-order valence-electron chi connectivity index (χ3n) is 4.63. The molecule has 0 spiro atoms. The Balaban J connectivity index is 1.54. The van der Waals surface area contributed by atoms with Crippen LogP contribution < -0.4 is 0 Å². The van der Waals surface area contributed by atoms with Crippen LogP contribution in [0.4, 0.5) is 0 Å². The molecule has 2 aromatic rings. The van der Waals surface area contributed by atoms with Crippen LogP contribution in [0.2, 0.25) is 0 Å². The van der Waals surface area contributed by atoms with Crippen molar-refractivity contribution >= 4 is 17.5 Å². The van der Waals surface area contributed by atoms with Crippen molar-refractivity contribution in [2.75, 3.05) is 5.75 Å². The van der Waals surface area contributed by atoms with E-state index < -0.39 is 0 Å². The maximum absolute atomic E-state index is 12.3. The van der Waals surface area contributed by atoms with E-state index >= 15 is 0 Å². The molecule has 122 valence electrons. The number of H-pyrrole nitrogens is 1. The number of rotatable bonds is 6. The Labute approximate surface area is 141 Å². The van der Waals surface area contributed by atoms with Gasteiger partial charge >= 0.3 is 0 Å². The molecular formula is C18H23N3OS. The van der Waals surface area contributed by atoms with Gasteiger partial charge in [-0.3, -0.25) is 9.89 Å². The highest BCUT2D eigenvalue weighted by Crippen LogP contribution is 2.27. The minimum Gasteiger partial charge on any atom is -0.293 e. The molecule has 0 amide bonds.